The Kier molecular flexibility index (Phi) is 3.00. The van der Waals surface area contributed by atoms with Crippen molar-refractivity contribution in [3.63, 3.8) is 0 Å². The predicted octanol–water partition coefficient (Wildman–Crippen LogP) is 3.39. The Morgan fingerprint density at radius 1 is 1.18 bits per heavy atom. The highest BCUT2D eigenvalue weighted by molar-refractivity contribution is 5.71. The van der Waals surface area contributed by atoms with Crippen LogP contribution in [-0.4, -0.2) is 7.11 Å². The molecule has 0 spiro atoms. The third-order valence-corrected chi connectivity index (χ3v) is 2.72. The SMILES string of the molecule is COc1cccc(-c2cc(F)c(N)cc2C)c1. The average molecular weight is 231 g/mol. The minimum Gasteiger partial charge on any atom is -0.497 e. The number of ether oxygens (including phenoxy) is 1. The van der Waals surface area contributed by atoms with Gasteiger partial charge in [-0.1, -0.05) is 12.1 Å². The Bertz CT molecular complexity index is 552. The fourth-order valence-corrected chi connectivity index (χ4v) is 1.81. The maximum atomic E-state index is 13.5. The number of benzene rings is 2. The van der Waals surface area contributed by atoms with Crippen LogP contribution >= 0.6 is 0 Å². The van der Waals surface area contributed by atoms with Gasteiger partial charge >= 0.3 is 0 Å². The molecule has 2 N–H and O–H groups in total. The third-order valence-electron chi connectivity index (χ3n) is 2.72. The summed E-state index contributed by atoms with van der Waals surface area (Å²) in [7, 11) is 1.61. The summed E-state index contributed by atoms with van der Waals surface area (Å²) in [4.78, 5) is 0. The first-order valence-electron chi connectivity index (χ1n) is 5.32. The van der Waals surface area contributed by atoms with Crippen LogP contribution in [0.15, 0.2) is 36.4 Å². The van der Waals surface area contributed by atoms with Crippen LogP contribution in [0.3, 0.4) is 0 Å². The minimum atomic E-state index is -0.395. The Hall–Kier alpha value is -2.03. The molecule has 17 heavy (non-hydrogen) atoms. The molecule has 2 aromatic rings. The summed E-state index contributed by atoms with van der Waals surface area (Å²) < 4.78 is 18.6. The molecule has 88 valence electrons. The molecule has 0 aliphatic rings. The van der Waals surface area contributed by atoms with Gasteiger partial charge < -0.3 is 10.5 Å². The highest BCUT2D eigenvalue weighted by Crippen LogP contribution is 2.29. The summed E-state index contributed by atoms with van der Waals surface area (Å²) in [5.41, 5.74) is 8.39. The molecule has 0 saturated heterocycles. The molecule has 0 aliphatic heterocycles. The molecular formula is C14H14FNO. The van der Waals surface area contributed by atoms with Crippen molar-refractivity contribution in [1.82, 2.24) is 0 Å². The van der Waals surface area contributed by atoms with Crippen molar-refractivity contribution in [2.24, 2.45) is 0 Å². The van der Waals surface area contributed by atoms with Gasteiger partial charge in [-0.25, -0.2) is 4.39 Å². The standard InChI is InChI=1S/C14H14FNO/c1-9-6-14(16)13(15)8-12(9)10-4-3-5-11(7-10)17-2/h3-8H,16H2,1-2H3. The molecule has 2 nitrogen and oxygen atoms in total. The lowest BCUT2D eigenvalue weighted by molar-refractivity contribution is 0.415. The Morgan fingerprint density at radius 3 is 2.65 bits per heavy atom. The van der Waals surface area contributed by atoms with Gasteiger partial charge in [-0.05, 0) is 47.9 Å². The largest absolute Gasteiger partial charge is 0.497 e. The highest BCUT2D eigenvalue weighted by atomic mass is 19.1. The van der Waals surface area contributed by atoms with Crippen molar-refractivity contribution in [3.05, 3.63) is 47.8 Å². The number of rotatable bonds is 2. The Labute approximate surface area is 99.8 Å². The number of hydrogen-bond acceptors (Lipinski definition) is 2. The second-order valence-corrected chi connectivity index (χ2v) is 3.92. The van der Waals surface area contributed by atoms with Gasteiger partial charge in [0.15, 0.2) is 0 Å². The fraction of sp³-hybridized carbons (Fsp3) is 0.143. The molecule has 0 amide bonds. The van der Waals surface area contributed by atoms with Crippen molar-refractivity contribution in [2.45, 2.75) is 6.92 Å². The Balaban J connectivity index is 2.56. The molecule has 2 rings (SSSR count). The van der Waals surface area contributed by atoms with E-state index in [1.54, 1.807) is 13.2 Å². The van der Waals surface area contributed by atoms with E-state index in [2.05, 4.69) is 0 Å². The van der Waals surface area contributed by atoms with Gasteiger partial charge in [0, 0.05) is 0 Å². The van der Waals surface area contributed by atoms with E-state index in [0.29, 0.717) is 0 Å². The lowest BCUT2D eigenvalue weighted by atomic mass is 9.99. The van der Waals surface area contributed by atoms with E-state index in [1.807, 2.05) is 31.2 Å². The lowest BCUT2D eigenvalue weighted by Gasteiger charge is -2.09. The van der Waals surface area contributed by atoms with Crippen molar-refractivity contribution < 1.29 is 9.13 Å². The molecule has 0 bridgehead atoms. The van der Waals surface area contributed by atoms with Crippen molar-refractivity contribution in [2.75, 3.05) is 12.8 Å². The second kappa shape index (κ2) is 4.45. The number of nitrogens with two attached hydrogens (primary N) is 1. The van der Waals surface area contributed by atoms with E-state index in [-0.39, 0.29) is 5.69 Å². The molecule has 0 saturated carbocycles. The van der Waals surface area contributed by atoms with Gasteiger partial charge in [0.1, 0.15) is 11.6 Å². The van der Waals surface area contributed by atoms with Gasteiger partial charge in [-0.2, -0.15) is 0 Å². The number of hydrogen-bond donors (Lipinski definition) is 1. The van der Waals surface area contributed by atoms with Crippen molar-refractivity contribution >= 4 is 5.69 Å². The summed E-state index contributed by atoms with van der Waals surface area (Å²) in [6, 6.07) is 10.6. The van der Waals surface area contributed by atoms with Crippen molar-refractivity contribution in [1.29, 1.82) is 0 Å². The normalized spacial score (nSPS) is 10.3. The first-order valence-corrected chi connectivity index (χ1v) is 5.32. The zero-order valence-corrected chi connectivity index (χ0v) is 9.83. The number of anilines is 1. The van der Waals surface area contributed by atoms with Crippen LogP contribution in [0.5, 0.6) is 5.75 Å². The quantitative estimate of drug-likeness (QED) is 0.804. The summed E-state index contributed by atoms with van der Waals surface area (Å²) in [5, 5.41) is 0. The summed E-state index contributed by atoms with van der Waals surface area (Å²) in [5.74, 6) is 0.354. The van der Waals surface area contributed by atoms with E-state index in [9.17, 15) is 4.39 Å². The van der Waals surface area contributed by atoms with Gasteiger partial charge in [-0.15, -0.1) is 0 Å². The molecule has 2 aromatic carbocycles. The summed E-state index contributed by atoms with van der Waals surface area (Å²) in [6.45, 7) is 1.91. The van der Waals surface area contributed by atoms with Crippen LogP contribution in [0.2, 0.25) is 0 Å². The number of halogens is 1. The molecule has 0 unspecified atom stereocenters. The molecule has 0 aromatic heterocycles. The van der Waals surface area contributed by atoms with E-state index < -0.39 is 5.82 Å². The van der Waals surface area contributed by atoms with Crippen molar-refractivity contribution in [3.8, 4) is 16.9 Å². The number of methoxy groups -OCH3 is 1. The topological polar surface area (TPSA) is 35.2 Å². The van der Waals surface area contributed by atoms with E-state index >= 15 is 0 Å². The maximum absolute atomic E-state index is 13.5. The van der Waals surface area contributed by atoms with Crippen LogP contribution < -0.4 is 10.5 Å². The van der Waals surface area contributed by atoms with E-state index in [4.69, 9.17) is 10.5 Å². The summed E-state index contributed by atoms with van der Waals surface area (Å²) in [6.07, 6.45) is 0. The van der Waals surface area contributed by atoms with E-state index in [1.165, 1.54) is 6.07 Å². The molecule has 0 fully saturated rings. The first-order chi connectivity index (χ1) is 8.11. The lowest BCUT2D eigenvalue weighted by Crippen LogP contribution is -1.94. The molecule has 0 radical (unpaired) electrons. The van der Waals surface area contributed by atoms with Gasteiger partial charge in [0.25, 0.3) is 0 Å². The fourth-order valence-electron chi connectivity index (χ4n) is 1.81. The van der Waals surface area contributed by atoms with Gasteiger partial charge in [0.05, 0.1) is 12.8 Å². The van der Waals surface area contributed by atoms with Gasteiger partial charge in [0.2, 0.25) is 0 Å². The average Bonchev–Trinajstić information content (AvgIpc) is 2.34. The summed E-state index contributed by atoms with van der Waals surface area (Å²) >= 11 is 0. The molecular weight excluding hydrogens is 217 g/mol. The zero-order chi connectivity index (χ0) is 12.4. The second-order valence-electron chi connectivity index (χ2n) is 3.92. The molecule has 0 atom stereocenters. The highest BCUT2D eigenvalue weighted by Gasteiger charge is 2.07. The van der Waals surface area contributed by atoms with Gasteiger partial charge in [-0.3, -0.25) is 0 Å². The van der Waals surface area contributed by atoms with Crippen LogP contribution in [0.25, 0.3) is 11.1 Å². The molecule has 0 heterocycles. The zero-order valence-electron chi connectivity index (χ0n) is 9.83. The van der Waals surface area contributed by atoms with Crippen LogP contribution in [0.1, 0.15) is 5.56 Å². The predicted molar refractivity (Wildman–Crippen MR) is 67.5 cm³/mol. The van der Waals surface area contributed by atoms with Crippen LogP contribution in [0, 0.1) is 12.7 Å². The van der Waals surface area contributed by atoms with Crippen LogP contribution in [0.4, 0.5) is 10.1 Å². The molecule has 3 heteroatoms. The molecule has 0 aliphatic carbocycles. The Morgan fingerprint density at radius 2 is 1.94 bits per heavy atom. The minimum absolute atomic E-state index is 0.175. The monoisotopic (exact) mass is 231 g/mol. The number of aryl methyl sites for hydroxylation is 1. The van der Waals surface area contributed by atoms with Crippen LogP contribution in [-0.2, 0) is 0 Å². The first kappa shape index (κ1) is 11.5. The maximum Gasteiger partial charge on any atom is 0.146 e. The third kappa shape index (κ3) is 2.23. The smallest absolute Gasteiger partial charge is 0.146 e. The number of nitrogen functional groups attached to an aromatic ring is 1. The van der Waals surface area contributed by atoms with E-state index in [0.717, 1.165) is 22.4 Å².